The predicted molar refractivity (Wildman–Crippen MR) is 89.9 cm³/mol. The zero-order valence-electron chi connectivity index (χ0n) is 13.6. The molecule has 1 aromatic rings. The first kappa shape index (κ1) is 17.2. The number of benzene rings is 1. The average Bonchev–Trinajstić information content (AvgIpc) is 3.03. The summed E-state index contributed by atoms with van der Waals surface area (Å²) in [5.74, 6) is 0.339. The Hall–Kier alpha value is -2.11. The van der Waals surface area contributed by atoms with Gasteiger partial charge in [-0.1, -0.05) is 25.0 Å². The first-order valence-corrected chi connectivity index (χ1v) is 8.15. The third-order valence-corrected chi connectivity index (χ3v) is 3.91. The van der Waals surface area contributed by atoms with E-state index >= 15 is 0 Å². The minimum absolute atomic E-state index is 0.115. The largest absolute Gasteiger partial charge is 0.355 e. The molecular weight excluding hydrogens is 295 g/mol. The summed E-state index contributed by atoms with van der Waals surface area (Å²) < 4.78 is 13.1. The number of guanidine groups is 1. The lowest BCUT2D eigenvalue weighted by molar-refractivity contribution is -0.120. The zero-order chi connectivity index (χ0) is 16.5. The van der Waals surface area contributed by atoms with Gasteiger partial charge in [-0.3, -0.25) is 9.79 Å². The van der Waals surface area contributed by atoms with Gasteiger partial charge >= 0.3 is 0 Å². The molecule has 1 aromatic carbocycles. The minimum Gasteiger partial charge on any atom is -0.355 e. The van der Waals surface area contributed by atoms with E-state index in [4.69, 9.17) is 0 Å². The molecule has 0 saturated heterocycles. The number of amides is 1. The van der Waals surface area contributed by atoms with Crippen molar-refractivity contribution in [1.29, 1.82) is 0 Å². The summed E-state index contributed by atoms with van der Waals surface area (Å²) in [6, 6.07) is 6.61. The smallest absolute Gasteiger partial charge is 0.224 e. The maximum Gasteiger partial charge on any atom is 0.224 e. The van der Waals surface area contributed by atoms with Gasteiger partial charge < -0.3 is 16.0 Å². The Morgan fingerprint density at radius 2 is 2.00 bits per heavy atom. The van der Waals surface area contributed by atoms with Crippen LogP contribution >= 0.6 is 0 Å². The molecule has 1 aliphatic rings. The molecule has 3 N–H and O–H groups in total. The van der Waals surface area contributed by atoms with Crippen molar-refractivity contribution in [2.24, 2.45) is 4.99 Å². The molecule has 0 aliphatic heterocycles. The third kappa shape index (κ3) is 6.26. The highest BCUT2D eigenvalue weighted by Crippen LogP contribution is 2.17. The molecule has 0 unspecified atom stereocenters. The molecule has 23 heavy (non-hydrogen) atoms. The molecule has 0 bridgehead atoms. The molecule has 6 heteroatoms. The first-order chi connectivity index (χ1) is 11.2. The molecule has 5 nitrogen and oxygen atoms in total. The fourth-order valence-corrected chi connectivity index (χ4v) is 2.74. The van der Waals surface area contributed by atoms with Gasteiger partial charge in [-0.15, -0.1) is 0 Å². The van der Waals surface area contributed by atoms with E-state index in [0.717, 1.165) is 5.96 Å². The SMILES string of the molecule is CN=C(NCCNC(=O)Cc1cccc(F)c1)NC1CCCC1. The van der Waals surface area contributed by atoms with Crippen molar-refractivity contribution in [2.75, 3.05) is 20.1 Å². The molecule has 0 aromatic heterocycles. The van der Waals surface area contributed by atoms with E-state index in [-0.39, 0.29) is 18.1 Å². The Labute approximate surface area is 136 Å². The number of carbonyl (C=O) groups is 1. The van der Waals surface area contributed by atoms with Gasteiger partial charge in [-0.2, -0.15) is 0 Å². The summed E-state index contributed by atoms with van der Waals surface area (Å²) in [5.41, 5.74) is 0.675. The van der Waals surface area contributed by atoms with E-state index in [0.29, 0.717) is 24.7 Å². The molecule has 126 valence electrons. The molecule has 1 aliphatic carbocycles. The van der Waals surface area contributed by atoms with Crippen LogP contribution in [0, 0.1) is 5.82 Å². The Morgan fingerprint density at radius 1 is 1.26 bits per heavy atom. The van der Waals surface area contributed by atoms with Crippen LogP contribution in [0.25, 0.3) is 0 Å². The highest BCUT2D eigenvalue weighted by atomic mass is 19.1. The van der Waals surface area contributed by atoms with Crippen LogP contribution in [0.3, 0.4) is 0 Å². The average molecular weight is 320 g/mol. The highest BCUT2D eigenvalue weighted by molar-refractivity contribution is 5.80. The van der Waals surface area contributed by atoms with Gasteiger partial charge in [0.2, 0.25) is 5.91 Å². The van der Waals surface area contributed by atoms with Crippen LogP contribution in [0.4, 0.5) is 4.39 Å². The van der Waals surface area contributed by atoms with E-state index < -0.39 is 0 Å². The lowest BCUT2D eigenvalue weighted by Gasteiger charge is -2.16. The third-order valence-electron chi connectivity index (χ3n) is 3.91. The number of nitrogens with zero attached hydrogens (tertiary/aromatic N) is 1. The Kier molecular flexibility index (Phi) is 6.84. The number of nitrogens with one attached hydrogen (secondary N) is 3. The van der Waals surface area contributed by atoms with Crippen molar-refractivity contribution in [3.8, 4) is 0 Å². The molecule has 1 saturated carbocycles. The van der Waals surface area contributed by atoms with Crippen LogP contribution in [-0.2, 0) is 11.2 Å². The van der Waals surface area contributed by atoms with Gasteiger partial charge in [0.25, 0.3) is 0 Å². The molecule has 1 amide bonds. The van der Waals surface area contributed by atoms with Crippen molar-refractivity contribution in [3.63, 3.8) is 0 Å². The summed E-state index contributed by atoms with van der Waals surface area (Å²) in [6.45, 7) is 1.10. The molecule has 0 radical (unpaired) electrons. The van der Waals surface area contributed by atoms with E-state index in [9.17, 15) is 9.18 Å². The number of rotatable bonds is 6. The van der Waals surface area contributed by atoms with Crippen molar-refractivity contribution >= 4 is 11.9 Å². The number of hydrogen-bond acceptors (Lipinski definition) is 2. The molecule has 0 heterocycles. The molecule has 2 rings (SSSR count). The van der Waals surface area contributed by atoms with Gasteiger partial charge in [0.05, 0.1) is 6.42 Å². The van der Waals surface area contributed by atoms with E-state index in [2.05, 4.69) is 20.9 Å². The monoisotopic (exact) mass is 320 g/mol. The van der Waals surface area contributed by atoms with Crippen LogP contribution in [-0.4, -0.2) is 38.0 Å². The standard InChI is InChI=1S/C17H25FN4O/c1-19-17(22-15-7-2-3-8-15)21-10-9-20-16(23)12-13-5-4-6-14(18)11-13/h4-6,11,15H,2-3,7-10,12H2,1H3,(H,20,23)(H2,19,21,22). The second-order valence-corrected chi connectivity index (χ2v) is 5.78. The number of hydrogen-bond donors (Lipinski definition) is 3. The van der Waals surface area contributed by atoms with Crippen LogP contribution in [0.5, 0.6) is 0 Å². The first-order valence-electron chi connectivity index (χ1n) is 8.15. The maximum absolute atomic E-state index is 13.1. The van der Waals surface area contributed by atoms with Crippen molar-refractivity contribution < 1.29 is 9.18 Å². The summed E-state index contributed by atoms with van der Waals surface area (Å²) in [7, 11) is 1.74. The topological polar surface area (TPSA) is 65.5 Å². The summed E-state index contributed by atoms with van der Waals surface area (Å²) in [5, 5.41) is 9.39. The maximum atomic E-state index is 13.1. The van der Waals surface area contributed by atoms with Crippen LogP contribution in [0.15, 0.2) is 29.3 Å². The Balaban J connectivity index is 1.63. The number of carbonyl (C=O) groups excluding carboxylic acids is 1. The number of halogens is 1. The number of aliphatic imine (C=N–C) groups is 1. The lowest BCUT2D eigenvalue weighted by Crippen LogP contribution is -2.45. The lowest BCUT2D eigenvalue weighted by atomic mass is 10.1. The second kappa shape index (κ2) is 9.12. The van der Waals surface area contributed by atoms with Gasteiger partial charge in [-0.25, -0.2) is 4.39 Å². The summed E-state index contributed by atoms with van der Waals surface area (Å²) in [4.78, 5) is 16.0. The zero-order valence-corrected chi connectivity index (χ0v) is 13.6. The minimum atomic E-state index is -0.321. The van der Waals surface area contributed by atoms with E-state index in [1.807, 2.05) is 0 Å². The van der Waals surface area contributed by atoms with Gasteiger partial charge in [-0.05, 0) is 30.5 Å². The van der Waals surface area contributed by atoms with Crippen molar-refractivity contribution in [2.45, 2.75) is 38.1 Å². The van der Waals surface area contributed by atoms with Gasteiger partial charge in [0, 0.05) is 26.2 Å². The normalized spacial score (nSPS) is 15.5. The van der Waals surface area contributed by atoms with Crippen LogP contribution in [0.2, 0.25) is 0 Å². The van der Waals surface area contributed by atoms with Crippen molar-refractivity contribution in [3.05, 3.63) is 35.6 Å². The summed E-state index contributed by atoms with van der Waals surface area (Å²) in [6.07, 6.45) is 5.10. The fraction of sp³-hybridized carbons (Fsp3) is 0.529. The fourth-order valence-electron chi connectivity index (χ4n) is 2.74. The Bertz CT molecular complexity index is 541. The quantitative estimate of drug-likeness (QED) is 0.424. The van der Waals surface area contributed by atoms with E-state index in [1.165, 1.54) is 37.8 Å². The van der Waals surface area contributed by atoms with E-state index in [1.54, 1.807) is 19.2 Å². The van der Waals surface area contributed by atoms with Crippen molar-refractivity contribution in [1.82, 2.24) is 16.0 Å². The highest BCUT2D eigenvalue weighted by Gasteiger charge is 2.15. The molecular formula is C17H25FN4O. The van der Waals surface area contributed by atoms with Gasteiger partial charge in [0.1, 0.15) is 5.82 Å². The second-order valence-electron chi connectivity index (χ2n) is 5.78. The Morgan fingerprint density at radius 3 is 2.70 bits per heavy atom. The van der Waals surface area contributed by atoms with Crippen LogP contribution in [0.1, 0.15) is 31.2 Å². The summed E-state index contributed by atoms with van der Waals surface area (Å²) >= 11 is 0. The molecule has 0 atom stereocenters. The molecule has 0 spiro atoms. The van der Waals surface area contributed by atoms with Crippen LogP contribution < -0.4 is 16.0 Å². The molecule has 1 fully saturated rings. The predicted octanol–water partition coefficient (Wildman–Crippen LogP) is 1.59. The van der Waals surface area contributed by atoms with Gasteiger partial charge in [0.15, 0.2) is 5.96 Å².